The van der Waals surface area contributed by atoms with Crippen molar-refractivity contribution in [3.8, 4) is 11.8 Å². The third-order valence-corrected chi connectivity index (χ3v) is 5.07. The molecule has 3 aromatic rings. The second kappa shape index (κ2) is 10.1. The van der Waals surface area contributed by atoms with Gasteiger partial charge in [-0.25, -0.2) is 0 Å². The highest BCUT2D eigenvalue weighted by atomic mass is 35.5. The zero-order chi connectivity index (χ0) is 19.2. The Morgan fingerprint density at radius 3 is 2.62 bits per heavy atom. The van der Waals surface area contributed by atoms with Crippen LogP contribution in [0.15, 0.2) is 53.1 Å². The van der Waals surface area contributed by atoms with Crippen molar-refractivity contribution in [2.45, 2.75) is 19.3 Å². The molecular formula is C23H24ClN3O2. The summed E-state index contributed by atoms with van der Waals surface area (Å²) in [4.78, 5) is 2.46. The highest BCUT2D eigenvalue weighted by Gasteiger charge is 2.12. The van der Waals surface area contributed by atoms with Gasteiger partial charge in [0, 0.05) is 6.54 Å². The molecule has 2 aromatic carbocycles. The summed E-state index contributed by atoms with van der Waals surface area (Å²) in [5, 5.41) is 14.5. The molecule has 5 nitrogen and oxygen atoms in total. The van der Waals surface area contributed by atoms with Gasteiger partial charge < -0.3 is 9.26 Å². The number of rotatable bonds is 6. The second-order valence-corrected chi connectivity index (χ2v) is 7.02. The summed E-state index contributed by atoms with van der Waals surface area (Å²) >= 11 is 0. The molecule has 0 unspecified atom stereocenters. The molecule has 0 amide bonds. The molecule has 0 aliphatic carbocycles. The topological polar surface area (TPSA) is 62.3 Å². The maximum Gasteiger partial charge on any atom is 0.167 e. The van der Waals surface area contributed by atoms with Crippen molar-refractivity contribution in [2.24, 2.45) is 0 Å². The predicted octanol–water partition coefficient (Wildman–Crippen LogP) is 5.18. The molecule has 29 heavy (non-hydrogen) atoms. The summed E-state index contributed by atoms with van der Waals surface area (Å²) in [6.07, 6.45) is 5.76. The van der Waals surface area contributed by atoms with E-state index in [-0.39, 0.29) is 12.4 Å². The Morgan fingerprint density at radius 2 is 1.86 bits per heavy atom. The first-order chi connectivity index (χ1) is 13.8. The predicted molar refractivity (Wildman–Crippen MR) is 117 cm³/mol. The molecule has 1 saturated heterocycles. The first-order valence-corrected chi connectivity index (χ1v) is 9.75. The fourth-order valence-electron chi connectivity index (χ4n) is 3.54. The van der Waals surface area contributed by atoms with Crippen molar-refractivity contribution in [3.05, 3.63) is 59.8 Å². The Balaban J connectivity index is 0.00000240. The van der Waals surface area contributed by atoms with E-state index in [2.05, 4.69) is 16.1 Å². The number of para-hydroxylation sites is 1. The third kappa shape index (κ3) is 5.17. The molecule has 2 heterocycles. The Kier molecular flexibility index (Phi) is 7.29. The zero-order valence-corrected chi connectivity index (χ0v) is 17.0. The molecular weight excluding hydrogens is 386 g/mol. The van der Waals surface area contributed by atoms with Crippen molar-refractivity contribution in [1.29, 1.82) is 5.26 Å². The van der Waals surface area contributed by atoms with Gasteiger partial charge in [0.25, 0.3) is 0 Å². The normalized spacial score (nSPS) is 14.9. The molecule has 0 saturated carbocycles. The Morgan fingerprint density at radius 1 is 1.10 bits per heavy atom. The van der Waals surface area contributed by atoms with E-state index in [4.69, 9.17) is 9.26 Å². The van der Waals surface area contributed by atoms with E-state index in [9.17, 15) is 5.26 Å². The van der Waals surface area contributed by atoms with E-state index in [1.165, 1.54) is 32.4 Å². The van der Waals surface area contributed by atoms with Gasteiger partial charge in [0.1, 0.15) is 24.1 Å². The molecule has 0 radical (unpaired) electrons. The minimum atomic E-state index is 0. The van der Waals surface area contributed by atoms with Gasteiger partial charge in [-0.2, -0.15) is 5.26 Å². The molecule has 1 fully saturated rings. The second-order valence-electron chi connectivity index (χ2n) is 7.02. The summed E-state index contributed by atoms with van der Waals surface area (Å²) in [6.45, 7) is 4.03. The van der Waals surface area contributed by atoms with Crippen molar-refractivity contribution >= 4 is 35.0 Å². The molecule has 1 aliphatic heterocycles. The van der Waals surface area contributed by atoms with Gasteiger partial charge in [-0.3, -0.25) is 4.90 Å². The average molecular weight is 410 g/mol. The van der Waals surface area contributed by atoms with Crippen LogP contribution in [0.25, 0.3) is 22.6 Å². The van der Waals surface area contributed by atoms with Crippen LogP contribution < -0.4 is 4.74 Å². The van der Waals surface area contributed by atoms with Crippen LogP contribution in [-0.4, -0.2) is 36.3 Å². The molecule has 4 rings (SSSR count). The summed E-state index contributed by atoms with van der Waals surface area (Å²) < 4.78 is 11.2. The SMILES string of the molecule is Cl.N#C/C(=C\c1ccc(OCCN2CCCCC2)cc1)c1noc2ccccc12. The number of piperidine rings is 1. The van der Waals surface area contributed by atoms with E-state index in [0.717, 1.165) is 23.2 Å². The standard InChI is InChI=1S/C23H23N3O2.ClH/c24-17-19(23-21-6-2-3-7-22(21)28-25-23)16-18-8-10-20(11-9-18)27-15-14-26-12-4-1-5-13-26;/h2-3,6-11,16H,1,4-5,12-15H2;1H/b19-16+;. The van der Waals surface area contributed by atoms with Gasteiger partial charge in [0.15, 0.2) is 5.58 Å². The minimum absolute atomic E-state index is 0. The van der Waals surface area contributed by atoms with Crippen molar-refractivity contribution < 1.29 is 9.26 Å². The first kappa shape index (κ1) is 20.9. The number of fused-ring (bicyclic) bond motifs is 1. The van der Waals surface area contributed by atoms with Crippen molar-refractivity contribution in [1.82, 2.24) is 10.1 Å². The summed E-state index contributed by atoms with van der Waals surface area (Å²) in [5.74, 6) is 0.847. The largest absolute Gasteiger partial charge is 0.492 e. The Hall–Kier alpha value is -2.81. The van der Waals surface area contributed by atoms with Gasteiger partial charge in [-0.05, 0) is 61.8 Å². The lowest BCUT2D eigenvalue weighted by molar-refractivity contribution is 0.183. The number of hydrogen-bond donors (Lipinski definition) is 0. The van der Waals surface area contributed by atoms with E-state index in [1.54, 1.807) is 0 Å². The van der Waals surface area contributed by atoms with Crippen LogP contribution in [0, 0.1) is 11.3 Å². The minimum Gasteiger partial charge on any atom is -0.492 e. The lowest BCUT2D eigenvalue weighted by atomic mass is 10.1. The summed E-state index contributed by atoms with van der Waals surface area (Å²) in [6, 6.07) is 17.6. The van der Waals surface area contributed by atoms with Gasteiger partial charge in [0.2, 0.25) is 0 Å². The van der Waals surface area contributed by atoms with E-state index in [0.29, 0.717) is 23.5 Å². The molecule has 0 spiro atoms. The number of ether oxygens (including phenoxy) is 1. The first-order valence-electron chi connectivity index (χ1n) is 9.75. The zero-order valence-electron chi connectivity index (χ0n) is 16.2. The molecule has 0 N–H and O–H groups in total. The lowest BCUT2D eigenvalue weighted by Crippen LogP contribution is -2.33. The van der Waals surface area contributed by atoms with Crippen LogP contribution in [0.1, 0.15) is 30.5 Å². The fourth-order valence-corrected chi connectivity index (χ4v) is 3.54. The average Bonchev–Trinajstić information content (AvgIpc) is 3.18. The number of aromatic nitrogens is 1. The van der Waals surface area contributed by atoms with Crippen LogP contribution >= 0.6 is 12.4 Å². The molecule has 0 bridgehead atoms. The summed E-state index contributed by atoms with van der Waals surface area (Å²) in [5.41, 5.74) is 2.65. The van der Waals surface area contributed by atoms with E-state index >= 15 is 0 Å². The molecule has 1 aromatic heterocycles. The number of nitrogens with zero attached hydrogens (tertiary/aromatic N) is 3. The monoisotopic (exact) mass is 409 g/mol. The lowest BCUT2D eigenvalue weighted by Gasteiger charge is -2.26. The molecule has 150 valence electrons. The number of halogens is 1. The van der Waals surface area contributed by atoms with Crippen molar-refractivity contribution in [3.63, 3.8) is 0 Å². The number of hydrogen-bond acceptors (Lipinski definition) is 5. The smallest absolute Gasteiger partial charge is 0.167 e. The molecule has 1 aliphatic rings. The number of allylic oxidation sites excluding steroid dienone is 1. The fraction of sp³-hybridized carbons (Fsp3) is 0.304. The molecule has 0 atom stereocenters. The maximum atomic E-state index is 9.58. The van der Waals surface area contributed by atoms with Crippen LogP contribution in [0.2, 0.25) is 0 Å². The van der Waals surface area contributed by atoms with Crippen LogP contribution in [0.5, 0.6) is 5.75 Å². The van der Waals surface area contributed by atoms with Crippen LogP contribution in [-0.2, 0) is 0 Å². The maximum absolute atomic E-state index is 9.58. The third-order valence-electron chi connectivity index (χ3n) is 5.07. The Labute approximate surface area is 177 Å². The van der Waals surface area contributed by atoms with Crippen LogP contribution in [0.3, 0.4) is 0 Å². The van der Waals surface area contributed by atoms with E-state index in [1.807, 2.05) is 54.6 Å². The van der Waals surface area contributed by atoms with Gasteiger partial charge in [-0.1, -0.05) is 35.8 Å². The number of benzene rings is 2. The molecule has 6 heteroatoms. The van der Waals surface area contributed by atoms with Crippen molar-refractivity contribution in [2.75, 3.05) is 26.2 Å². The highest BCUT2D eigenvalue weighted by Crippen LogP contribution is 2.26. The van der Waals surface area contributed by atoms with Gasteiger partial charge in [0.05, 0.1) is 11.0 Å². The quantitative estimate of drug-likeness (QED) is 0.525. The van der Waals surface area contributed by atoms with Crippen LogP contribution in [0.4, 0.5) is 0 Å². The van der Waals surface area contributed by atoms with Gasteiger partial charge in [-0.15, -0.1) is 12.4 Å². The number of nitriles is 1. The van der Waals surface area contributed by atoms with E-state index < -0.39 is 0 Å². The number of likely N-dealkylation sites (tertiary alicyclic amines) is 1. The van der Waals surface area contributed by atoms with Gasteiger partial charge >= 0.3 is 0 Å². The highest BCUT2D eigenvalue weighted by molar-refractivity contribution is 5.98. The Bertz CT molecular complexity index is 999. The summed E-state index contributed by atoms with van der Waals surface area (Å²) in [7, 11) is 0.